The summed E-state index contributed by atoms with van der Waals surface area (Å²) in [6, 6.07) is 6.19. The first kappa shape index (κ1) is 12.5. The highest BCUT2D eigenvalue weighted by Crippen LogP contribution is 2.17. The first-order valence-electron chi connectivity index (χ1n) is 4.60. The molecule has 1 aromatic rings. The largest absolute Gasteiger partial charge is 0.468 e. The van der Waals surface area contributed by atoms with E-state index >= 15 is 0 Å². The number of benzene rings is 1. The van der Waals surface area contributed by atoms with E-state index in [9.17, 15) is 4.79 Å². The van der Waals surface area contributed by atoms with Gasteiger partial charge >= 0.3 is 5.97 Å². The van der Waals surface area contributed by atoms with E-state index in [0.717, 1.165) is 5.56 Å². The number of hydrogen-bond donors (Lipinski definition) is 1. The Kier molecular flexibility index (Phi) is 4.29. The van der Waals surface area contributed by atoms with E-state index in [1.807, 2.05) is 6.07 Å². The minimum atomic E-state index is -0.724. The molecule has 16 heavy (non-hydrogen) atoms. The molecule has 0 saturated carbocycles. The van der Waals surface area contributed by atoms with Crippen LogP contribution in [0.1, 0.15) is 11.1 Å². The SMILES string of the molecule is COC(=O)C(N)Cc1ccc(Cl)c(C#N)c1. The second kappa shape index (κ2) is 5.50. The molecular formula is C11H11ClN2O2. The highest BCUT2D eigenvalue weighted by molar-refractivity contribution is 6.31. The Bertz CT molecular complexity index is 440. The number of carbonyl (C=O) groups is 1. The zero-order chi connectivity index (χ0) is 12.1. The van der Waals surface area contributed by atoms with Crippen molar-refractivity contribution in [1.82, 2.24) is 0 Å². The lowest BCUT2D eigenvalue weighted by molar-refractivity contribution is -0.142. The number of carbonyl (C=O) groups excluding carboxylic acids is 1. The maximum atomic E-state index is 11.1. The van der Waals surface area contributed by atoms with Gasteiger partial charge < -0.3 is 10.5 Å². The standard InChI is InChI=1S/C11H11ClN2O2/c1-16-11(15)10(14)5-7-2-3-9(12)8(4-7)6-13/h2-4,10H,5,14H2,1H3. The van der Waals surface area contributed by atoms with Crippen LogP contribution in [-0.4, -0.2) is 19.1 Å². The molecule has 0 aliphatic rings. The topological polar surface area (TPSA) is 76.1 Å². The summed E-state index contributed by atoms with van der Waals surface area (Å²) in [6.07, 6.45) is 0.318. The number of hydrogen-bond acceptors (Lipinski definition) is 4. The minimum Gasteiger partial charge on any atom is -0.468 e. The van der Waals surface area contributed by atoms with E-state index in [1.165, 1.54) is 7.11 Å². The minimum absolute atomic E-state index is 0.318. The molecule has 0 aliphatic carbocycles. The Hall–Kier alpha value is -1.57. The first-order valence-corrected chi connectivity index (χ1v) is 4.98. The van der Waals surface area contributed by atoms with Gasteiger partial charge in [0.1, 0.15) is 12.1 Å². The number of rotatable bonds is 3. The van der Waals surface area contributed by atoms with Crippen molar-refractivity contribution >= 4 is 17.6 Å². The van der Waals surface area contributed by atoms with Crippen molar-refractivity contribution in [2.45, 2.75) is 12.5 Å². The lowest BCUT2D eigenvalue weighted by atomic mass is 10.0. The van der Waals surface area contributed by atoms with Crippen LogP contribution in [0.3, 0.4) is 0 Å². The summed E-state index contributed by atoms with van der Waals surface area (Å²) in [5.74, 6) is -0.478. The fraction of sp³-hybridized carbons (Fsp3) is 0.273. The van der Waals surface area contributed by atoms with Crippen molar-refractivity contribution in [3.05, 3.63) is 34.3 Å². The Morgan fingerprint density at radius 3 is 2.94 bits per heavy atom. The highest BCUT2D eigenvalue weighted by atomic mass is 35.5. The Morgan fingerprint density at radius 2 is 2.38 bits per heavy atom. The van der Waals surface area contributed by atoms with Gasteiger partial charge in [-0.3, -0.25) is 4.79 Å². The summed E-state index contributed by atoms with van der Waals surface area (Å²) in [5.41, 5.74) is 6.75. The summed E-state index contributed by atoms with van der Waals surface area (Å²) < 4.78 is 4.51. The van der Waals surface area contributed by atoms with Crippen molar-refractivity contribution < 1.29 is 9.53 Å². The Morgan fingerprint density at radius 1 is 1.69 bits per heavy atom. The van der Waals surface area contributed by atoms with E-state index < -0.39 is 12.0 Å². The van der Waals surface area contributed by atoms with Gasteiger partial charge in [-0.1, -0.05) is 17.7 Å². The van der Waals surface area contributed by atoms with Crippen LogP contribution in [0.25, 0.3) is 0 Å². The zero-order valence-electron chi connectivity index (χ0n) is 8.74. The molecule has 5 heteroatoms. The Balaban J connectivity index is 2.83. The zero-order valence-corrected chi connectivity index (χ0v) is 9.49. The maximum absolute atomic E-state index is 11.1. The second-order valence-corrected chi connectivity index (χ2v) is 3.67. The number of nitriles is 1. The number of nitrogens with two attached hydrogens (primary N) is 1. The summed E-state index contributed by atoms with van der Waals surface area (Å²) in [5, 5.41) is 9.16. The molecule has 0 saturated heterocycles. The maximum Gasteiger partial charge on any atom is 0.322 e. The summed E-state index contributed by atoms with van der Waals surface area (Å²) in [7, 11) is 1.28. The van der Waals surface area contributed by atoms with Crippen molar-refractivity contribution in [3.8, 4) is 6.07 Å². The van der Waals surface area contributed by atoms with Gasteiger partial charge in [0.15, 0.2) is 0 Å². The van der Waals surface area contributed by atoms with Gasteiger partial charge in [0.2, 0.25) is 0 Å². The van der Waals surface area contributed by atoms with Gasteiger partial charge in [-0.25, -0.2) is 0 Å². The molecule has 0 amide bonds. The molecule has 0 bridgehead atoms. The van der Waals surface area contributed by atoms with E-state index in [-0.39, 0.29) is 0 Å². The van der Waals surface area contributed by atoms with Gasteiger partial charge in [0, 0.05) is 0 Å². The molecule has 0 aromatic heterocycles. The Labute approximate surface area is 98.6 Å². The normalized spacial score (nSPS) is 11.6. The third-order valence-electron chi connectivity index (χ3n) is 2.11. The molecule has 1 unspecified atom stereocenters. The molecule has 0 spiro atoms. The fourth-order valence-electron chi connectivity index (χ4n) is 1.27. The molecule has 84 valence electrons. The van der Waals surface area contributed by atoms with Crippen molar-refractivity contribution in [1.29, 1.82) is 5.26 Å². The predicted molar refractivity (Wildman–Crippen MR) is 59.9 cm³/mol. The summed E-state index contributed by atoms with van der Waals surface area (Å²) in [4.78, 5) is 11.1. The molecular weight excluding hydrogens is 228 g/mol. The molecule has 1 aromatic carbocycles. The van der Waals surface area contributed by atoms with Crippen molar-refractivity contribution in [3.63, 3.8) is 0 Å². The molecule has 2 N–H and O–H groups in total. The molecule has 0 fully saturated rings. The number of nitrogens with zero attached hydrogens (tertiary/aromatic N) is 1. The molecule has 0 radical (unpaired) electrons. The van der Waals surface area contributed by atoms with E-state index in [4.69, 9.17) is 22.6 Å². The van der Waals surface area contributed by atoms with E-state index in [2.05, 4.69) is 4.74 Å². The molecule has 0 aliphatic heterocycles. The second-order valence-electron chi connectivity index (χ2n) is 3.26. The smallest absolute Gasteiger partial charge is 0.322 e. The van der Waals surface area contributed by atoms with E-state index in [0.29, 0.717) is 17.0 Å². The van der Waals surface area contributed by atoms with Crippen LogP contribution >= 0.6 is 11.6 Å². The number of esters is 1. The fourth-order valence-corrected chi connectivity index (χ4v) is 1.43. The molecule has 4 nitrogen and oxygen atoms in total. The predicted octanol–water partition coefficient (Wildman–Crippen LogP) is 1.25. The van der Waals surface area contributed by atoms with Gasteiger partial charge in [0.05, 0.1) is 17.7 Å². The molecule has 0 heterocycles. The first-order chi connectivity index (χ1) is 7.58. The van der Waals surface area contributed by atoms with Crippen LogP contribution in [0.15, 0.2) is 18.2 Å². The van der Waals surface area contributed by atoms with Crippen LogP contribution in [0.5, 0.6) is 0 Å². The number of methoxy groups -OCH3 is 1. The van der Waals surface area contributed by atoms with Gasteiger partial charge in [-0.05, 0) is 24.1 Å². The van der Waals surface area contributed by atoms with Gasteiger partial charge in [-0.15, -0.1) is 0 Å². The van der Waals surface area contributed by atoms with Gasteiger partial charge in [-0.2, -0.15) is 5.26 Å². The highest BCUT2D eigenvalue weighted by Gasteiger charge is 2.14. The average Bonchev–Trinajstić information content (AvgIpc) is 2.30. The molecule has 1 atom stereocenters. The van der Waals surface area contributed by atoms with Gasteiger partial charge in [0.25, 0.3) is 0 Å². The third-order valence-corrected chi connectivity index (χ3v) is 2.44. The lowest BCUT2D eigenvalue weighted by Gasteiger charge is -2.09. The van der Waals surface area contributed by atoms with Crippen LogP contribution in [0.2, 0.25) is 5.02 Å². The van der Waals surface area contributed by atoms with Crippen molar-refractivity contribution in [2.75, 3.05) is 7.11 Å². The van der Waals surface area contributed by atoms with E-state index in [1.54, 1.807) is 18.2 Å². The molecule has 1 rings (SSSR count). The van der Waals surface area contributed by atoms with Crippen LogP contribution in [-0.2, 0) is 16.0 Å². The average molecular weight is 239 g/mol. The number of ether oxygens (including phenoxy) is 1. The quantitative estimate of drug-likeness (QED) is 0.805. The summed E-state index contributed by atoms with van der Waals surface area (Å²) in [6.45, 7) is 0. The lowest BCUT2D eigenvalue weighted by Crippen LogP contribution is -2.33. The summed E-state index contributed by atoms with van der Waals surface area (Å²) >= 11 is 5.78. The monoisotopic (exact) mass is 238 g/mol. The van der Waals surface area contributed by atoms with Crippen LogP contribution < -0.4 is 5.73 Å². The van der Waals surface area contributed by atoms with Crippen LogP contribution in [0.4, 0.5) is 0 Å². The number of halogens is 1. The third kappa shape index (κ3) is 2.96. The van der Waals surface area contributed by atoms with Crippen LogP contribution in [0, 0.1) is 11.3 Å². The van der Waals surface area contributed by atoms with Crippen molar-refractivity contribution in [2.24, 2.45) is 5.73 Å².